The molecule has 0 fully saturated rings. The van der Waals surface area contributed by atoms with E-state index in [1.54, 1.807) is 24.3 Å². The first-order valence-corrected chi connectivity index (χ1v) is 20.2. The Hall–Kier alpha value is -3.71. The van der Waals surface area contributed by atoms with Gasteiger partial charge in [-0.3, -0.25) is 19.3 Å². The van der Waals surface area contributed by atoms with E-state index in [0.717, 1.165) is 0 Å². The summed E-state index contributed by atoms with van der Waals surface area (Å²) in [6.45, 7) is 8.66. The van der Waals surface area contributed by atoms with Crippen molar-refractivity contribution in [1.29, 1.82) is 0 Å². The summed E-state index contributed by atoms with van der Waals surface area (Å²) < 4.78 is 123. The molecule has 350 valence electrons. The fraction of sp³-hybridized carbons (Fsp3) is 0.634. The Balaban J connectivity index is 0.916. The fourth-order valence-electron chi connectivity index (χ4n) is 5.08. The minimum atomic E-state index is -1.80. The highest BCUT2D eigenvalue weighted by Gasteiger charge is 2.34. The number of hydrogen-bond donors (Lipinski definition) is 0. The number of rotatable bonds is 40. The van der Waals surface area contributed by atoms with E-state index in [0.29, 0.717) is 143 Å². The average Bonchev–Trinajstić information content (AvgIpc) is 3.51. The molecule has 0 unspecified atom stereocenters. The molecule has 0 atom stereocenters. The van der Waals surface area contributed by atoms with Gasteiger partial charge >= 0.3 is 5.97 Å². The molecular formula is C41H57F4NO16. The SMILES string of the molecule is O=C(CCOCCOCCOCCOCCOCCOCCOCCOCCOCCOCCOCCOCCN1C(=O)c2ccccc2C1=O)Oc1c(F)c(F)cc(F)c1F. The quantitative estimate of drug-likeness (QED) is 0.0238. The largest absolute Gasteiger partial charge is 0.420 e. The molecule has 0 saturated carbocycles. The monoisotopic (exact) mass is 895 g/mol. The molecule has 1 heterocycles. The van der Waals surface area contributed by atoms with Crippen LogP contribution in [-0.2, 0) is 61.6 Å². The summed E-state index contributed by atoms with van der Waals surface area (Å²) in [5.41, 5.74) is 0.852. The number of carbonyl (C=O) groups excluding carboxylic acids is 3. The Morgan fingerprint density at radius 1 is 0.419 bits per heavy atom. The van der Waals surface area contributed by atoms with Crippen molar-refractivity contribution in [2.75, 3.05) is 165 Å². The van der Waals surface area contributed by atoms with Gasteiger partial charge < -0.3 is 61.6 Å². The van der Waals surface area contributed by atoms with Gasteiger partial charge in [-0.2, -0.15) is 8.78 Å². The molecule has 1 aliphatic heterocycles. The van der Waals surface area contributed by atoms with Crippen molar-refractivity contribution in [1.82, 2.24) is 4.90 Å². The predicted molar refractivity (Wildman–Crippen MR) is 208 cm³/mol. The molecular weight excluding hydrogens is 838 g/mol. The average molecular weight is 896 g/mol. The Labute approximate surface area is 357 Å². The molecule has 0 radical (unpaired) electrons. The number of imide groups is 1. The molecule has 1 aliphatic rings. The number of ether oxygens (including phenoxy) is 13. The smallest absolute Gasteiger partial charge is 0.313 e. The van der Waals surface area contributed by atoms with Crippen LogP contribution in [0.5, 0.6) is 5.75 Å². The third-order valence-electron chi connectivity index (χ3n) is 8.17. The maximum Gasteiger partial charge on any atom is 0.313 e. The van der Waals surface area contributed by atoms with Crippen LogP contribution in [0.3, 0.4) is 0 Å². The van der Waals surface area contributed by atoms with Crippen molar-refractivity contribution in [3.8, 4) is 5.75 Å². The van der Waals surface area contributed by atoms with E-state index in [2.05, 4.69) is 4.74 Å². The first kappa shape index (κ1) is 52.6. The van der Waals surface area contributed by atoms with Crippen LogP contribution < -0.4 is 4.74 Å². The van der Waals surface area contributed by atoms with E-state index in [1.165, 1.54) is 4.90 Å². The molecule has 0 saturated heterocycles. The molecule has 3 rings (SSSR count). The van der Waals surface area contributed by atoms with Crippen molar-refractivity contribution < 1.29 is 93.5 Å². The van der Waals surface area contributed by atoms with Crippen molar-refractivity contribution in [3.63, 3.8) is 0 Å². The maximum atomic E-state index is 13.5. The lowest BCUT2D eigenvalue weighted by Crippen LogP contribution is -2.33. The minimum Gasteiger partial charge on any atom is -0.420 e. The molecule has 62 heavy (non-hydrogen) atoms. The molecule has 0 N–H and O–H groups in total. The first-order chi connectivity index (χ1) is 30.3. The maximum absolute atomic E-state index is 13.5. The summed E-state index contributed by atoms with van der Waals surface area (Å²) in [5, 5.41) is 0. The summed E-state index contributed by atoms with van der Waals surface area (Å²) in [6.07, 6.45) is -0.401. The minimum absolute atomic E-state index is 0.0146. The lowest BCUT2D eigenvalue weighted by Gasteiger charge is -2.13. The van der Waals surface area contributed by atoms with Gasteiger partial charge in [0.1, 0.15) is 0 Å². The summed E-state index contributed by atoms with van der Waals surface area (Å²) in [6, 6.07) is 6.78. The van der Waals surface area contributed by atoms with Gasteiger partial charge in [0.15, 0.2) is 11.6 Å². The molecule has 17 nitrogen and oxygen atoms in total. The van der Waals surface area contributed by atoms with E-state index in [9.17, 15) is 31.9 Å². The normalized spacial score (nSPS) is 12.5. The van der Waals surface area contributed by atoms with Crippen LogP contribution in [0, 0.1) is 23.3 Å². The Kier molecular flexibility index (Phi) is 28.7. The number of amides is 2. The summed E-state index contributed by atoms with van der Waals surface area (Å²) >= 11 is 0. The number of benzene rings is 2. The van der Waals surface area contributed by atoms with Gasteiger partial charge in [-0.15, -0.1) is 0 Å². The fourth-order valence-corrected chi connectivity index (χ4v) is 5.08. The van der Waals surface area contributed by atoms with Gasteiger partial charge in [0.25, 0.3) is 11.8 Å². The van der Waals surface area contributed by atoms with Crippen LogP contribution in [0.2, 0.25) is 0 Å². The summed E-state index contributed by atoms with van der Waals surface area (Å²) in [4.78, 5) is 37.5. The first-order valence-electron chi connectivity index (χ1n) is 20.2. The number of nitrogens with zero attached hydrogens (tertiary/aromatic N) is 1. The van der Waals surface area contributed by atoms with E-state index in [4.69, 9.17) is 56.8 Å². The Bertz CT molecular complexity index is 1500. The number of esters is 1. The van der Waals surface area contributed by atoms with Crippen molar-refractivity contribution in [2.24, 2.45) is 0 Å². The lowest BCUT2D eigenvalue weighted by molar-refractivity contribution is -0.136. The predicted octanol–water partition coefficient (Wildman–Crippen LogP) is 3.03. The molecule has 0 bridgehead atoms. The van der Waals surface area contributed by atoms with Gasteiger partial charge in [-0.25, -0.2) is 8.78 Å². The highest BCUT2D eigenvalue weighted by atomic mass is 19.2. The second-order valence-electron chi connectivity index (χ2n) is 12.7. The molecule has 2 amide bonds. The molecule has 0 aromatic heterocycles. The van der Waals surface area contributed by atoms with Crippen molar-refractivity contribution in [2.45, 2.75) is 6.42 Å². The zero-order valence-corrected chi connectivity index (χ0v) is 34.8. The van der Waals surface area contributed by atoms with E-state index in [1.807, 2.05) is 0 Å². The van der Waals surface area contributed by atoms with Crippen molar-refractivity contribution >= 4 is 17.8 Å². The molecule has 2 aromatic carbocycles. The second-order valence-corrected chi connectivity index (χ2v) is 12.7. The van der Waals surface area contributed by atoms with Crippen LogP contribution in [0.25, 0.3) is 0 Å². The number of halogens is 4. The van der Waals surface area contributed by atoms with Gasteiger partial charge in [-0.1, -0.05) is 12.1 Å². The zero-order chi connectivity index (χ0) is 44.5. The van der Waals surface area contributed by atoms with Crippen LogP contribution in [-0.4, -0.2) is 188 Å². The van der Waals surface area contributed by atoms with Gasteiger partial charge in [-0.05, 0) is 12.1 Å². The van der Waals surface area contributed by atoms with E-state index in [-0.39, 0.29) is 50.9 Å². The van der Waals surface area contributed by atoms with Crippen LogP contribution >= 0.6 is 0 Å². The summed E-state index contributed by atoms with van der Waals surface area (Å²) in [7, 11) is 0. The van der Waals surface area contributed by atoms with Crippen LogP contribution in [0.15, 0.2) is 30.3 Å². The third kappa shape index (κ3) is 22.1. The van der Waals surface area contributed by atoms with Crippen molar-refractivity contribution in [3.05, 3.63) is 64.7 Å². The van der Waals surface area contributed by atoms with Gasteiger partial charge in [0.2, 0.25) is 17.4 Å². The Morgan fingerprint density at radius 3 is 1.00 bits per heavy atom. The van der Waals surface area contributed by atoms with E-state index >= 15 is 0 Å². The highest BCUT2D eigenvalue weighted by Crippen LogP contribution is 2.27. The molecule has 0 spiro atoms. The highest BCUT2D eigenvalue weighted by molar-refractivity contribution is 6.21. The van der Waals surface area contributed by atoms with Crippen LogP contribution in [0.1, 0.15) is 27.1 Å². The Morgan fingerprint density at radius 2 is 0.694 bits per heavy atom. The third-order valence-corrected chi connectivity index (χ3v) is 8.17. The van der Waals surface area contributed by atoms with Crippen LogP contribution in [0.4, 0.5) is 17.6 Å². The topological polar surface area (TPSA) is 174 Å². The number of carbonyl (C=O) groups is 3. The standard InChI is InChI=1S/C41H57F4NO16/c42-34-31-35(43)38(45)39(37(34)44)62-36(47)5-7-50-9-11-52-13-15-54-17-19-56-21-23-58-25-27-60-29-30-61-28-26-59-24-22-57-20-18-55-16-14-53-12-10-51-8-6-46-40(48)32-3-1-2-4-33(32)41(46)49/h1-4,31H,5-30H2. The lowest BCUT2D eigenvalue weighted by atomic mass is 10.1. The number of hydrogen-bond acceptors (Lipinski definition) is 16. The number of fused-ring (bicyclic) bond motifs is 1. The summed E-state index contributed by atoms with van der Waals surface area (Å²) in [5.74, 6) is -10.1. The van der Waals surface area contributed by atoms with Gasteiger partial charge in [0, 0.05) is 6.07 Å². The molecule has 2 aromatic rings. The second kappa shape index (κ2) is 33.8. The van der Waals surface area contributed by atoms with E-state index < -0.39 is 41.4 Å². The van der Waals surface area contributed by atoms with Gasteiger partial charge in [0.05, 0.1) is 183 Å². The molecule has 0 aliphatic carbocycles. The zero-order valence-electron chi connectivity index (χ0n) is 34.8. The molecule has 21 heteroatoms.